The van der Waals surface area contributed by atoms with Gasteiger partial charge in [0.2, 0.25) is 10.0 Å². The third-order valence-corrected chi connectivity index (χ3v) is 5.95. The second kappa shape index (κ2) is 5.93. The number of rotatable bonds is 4. The molecule has 1 aromatic rings. The molecule has 1 fully saturated rings. The molecule has 0 aliphatic heterocycles. The van der Waals surface area contributed by atoms with E-state index in [4.69, 9.17) is 16.9 Å². The Morgan fingerprint density at radius 2 is 2.29 bits per heavy atom. The Labute approximate surface area is 129 Å². The average molecular weight is 329 g/mol. The molecule has 1 saturated carbocycles. The molecule has 5 nitrogen and oxygen atoms in total. The van der Waals surface area contributed by atoms with Gasteiger partial charge in [0.15, 0.2) is 0 Å². The van der Waals surface area contributed by atoms with Crippen LogP contribution in [-0.4, -0.2) is 26.2 Å². The minimum atomic E-state index is -3.86. The maximum Gasteiger partial charge on any atom is 0.242 e. The number of nitrogens with zero attached hydrogens (tertiary/aromatic N) is 1. The number of aliphatic hydroxyl groups is 1. The zero-order chi connectivity index (χ0) is 15.7. The molecule has 114 valence electrons. The van der Waals surface area contributed by atoms with Gasteiger partial charge >= 0.3 is 0 Å². The van der Waals surface area contributed by atoms with Crippen molar-refractivity contribution < 1.29 is 13.5 Å². The van der Waals surface area contributed by atoms with E-state index in [-0.39, 0.29) is 28.1 Å². The van der Waals surface area contributed by atoms with Crippen molar-refractivity contribution in [1.29, 1.82) is 5.26 Å². The lowest BCUT2D eigenvalue weighted by molar-refractivity contribution is 0.127. The summed E-state index contributed by atoms with van der Waals surface area (Å²) in [6, 6.07) is 5.82. The van der Waals surface area contributed by atoms with Crippen molar-refractivity contribution in [3.8, 4) is 6.07 Å². The van der Waals surface area contributed by atoms with Crippen LogP contribution < -0.4 is 4.72 Å². The van der Waals surface area contributed by atoms with Crippen LogP contribution in [0.2, 0.25) is 5.02 Å². The van der Waals surface area contributed by atoms with Crippen LogP contribution >= 0.6 is 11.6 Å². The maximum absolute atomic E-state index is 12.5. The number of nitrogens with one attached hydrogen (secondary N) is 1. The van der Waals surface area contributed by atoms with Crippen LogP contribution in [0.1, 0.15) is 31.7 Å². The molecular formula is C14H17ClN2O3S. The number of hydrogen-bond acceptors (Lipinski definition) is 4. The summed E-state index contributed by atoms with van der Waals surface area (Å²) in [5, 5.41) is 18.7. The van der Waals surface area contributed by atoms with E-state index in [1.54, 1.807) is 0 Å². The fourth-order valence-electron chi connectivity index (χ4n) is 2.71. The van der Waals surface area contributed by atoms with Crippen LogP contribution in [0.15, 0.2) is 23.1 Å². The number of benzene rings is 1. The van der Waals surface area contributed by atoms with Crippen LogP contribution in [0.4, 0.5) is 0 Å². The molecule has 0 aromatic heterocycles. The lowest BCUT2D eigenvalue weighted by Crippen LogP contribution is -2.44. The van der Waals surface area contributed by atoms with Gasteiger partial charge in [-0.2, -0.15) is 5.26 Å². The van der Waals surface area contributed by atoms with Gasteiger partial charge in [0.25, 0.3) is 0 Å². The Morgan fingerprint density at radius 3 is 2.90 bits per heavy atom. The molecule has 0 heterocycles. The fourth-order valence-corrected chi connectivity index (χ4v) is 4.57. The highest BCUT2D eigenvalue weighted by atomic mass is 35.5. The van der Waals surface area contributed by atoms with Gasteiger partial charge < -0.3 is 5.11 Å². The van der Waals surface area contributed by atoms with E-state index in [2.05, 4.69) is 4.72 Å². The average Bonchev–Trinajstić information content (AvgIpc) is 2.80. The molecule has 0 saturated heterocycles. The summed E-state index contributed by atoms with van der Waals surface area (Å²) in [6.07, 6.45) is 2.28. The van der Waals surface area contributed by atoms with Gasteiger partial charge in [-0.1, -0.05) is 31.0 Å². The summed E-state index contributed by atoms with van der Waals surface area (Å²) >= 11 is 5.88. The lowest BCUT2D eigenvalue weighted by Gasteiger charge is -2.30. The fraction of sp³-hybridized carbons (Fsp3) is 0.500. The molecule has 2 rings (SSSR count). The highest BCUT2D eigenvalue weighted by molar-refractivity contribution is 7.89. The molecule has 1 aliphatic carbocycles. The lowest BCUT2D eigenvalue weighted by atomic mass is 9.86. The minimum Gasteiger partial charge on any atom is -0.396 e. The molecule has 7 heteroatoms. The Balaban J connectivity index is 2.37. The van der Waals surface area contributed by atoms with Gasteiger partial charge in [-0.15, -0.1) is 0 Å². The number of halogens is 1. The molecule has 1 aliphatic rings. The van der Waals surface area contributed by atoms with Crippen LogP contribution in [0, 0.1) is 16.7 Å². The van der Waals surface area contributed by atoms with Crippen LogP contribution in [0.5, 0.6) is 0 Å². The van der Waals surface area contributed by atoms with Crippen molar-refractivity contribution in [3.05, 3.63) is 28.8 Å². The molecule has 0 amide bonds. The second-order valence-electron chi connectivity index (χ2n) is 5.60. The molecule has 0 bridgehead atoms. The van der Waals surface area contributed by atoms with Crippen LogP contribution in [-0.2, 0) is 10.0 Å². The molecule has 2 atom stereocenters. The SMILES string of the molecule is C[C@]1(CO)CCC[C@H]1NS(=O)(=O)c1cccc(Cl)c1C#N. The van der Waals surface area contributed by atoms with E-state index < -0.39 is 15.4 Å². The van der Waals surface area contributed by atoms with Crippen LogP contribution in [0.3, 0.4) is 0 Å². The summed E-state index contributed by atoms with van der Waals surface area (Å²) in [4.78, 5) is -0.121. The van der Waals surface area contributed by atoms with Crippen molar-refractivity contribution in [2.75, 3.05) is 6.61 Å². The first-order valence-corrected chi connectivity index (χ1v) is 8.52. The molecule has 0 spiro atoms. The van der Waals surface area contributed by atoms with Gasteiger partial charge in [0, 0.05) is 18.1 Å². The van der Waals surface area contributed by atoms with Crippen molar-refractivity contribution >= 4 is 21.6 Å². The van der Waals surface area contributed by atoms with Crippen molar-refractivity contribution in [3.63, 3.8) is 0 Å². The summed E-state index contributed by atoms with van der Waals surface area (Å²) in [6.45, 7) is 1.78. The van der Waals surface area contributed by atoms with E-state index in [0.717, 1.165) is 12.8 Å². The van der Waals surface area contributed by atoms with E-state index >= 15 is 0 Å². The third kappa shape index (κ3) is 3.06. The first-order valence-electron chi connectivity index (χ1n) is 6.66. The van der Waals surface area contributed by atoms with Crippen molar-refractivity contribution in [2.24, 2.45) is 5.41 Å². The summed E-state index contributed by atoms with van der Waals surface area (Å²) in [5.41, 5.74) is -0.534. The first-order chi connectivity index (χ1) is 9.84. The van der Waals surface area contributed by atoms with Gasteiger partial charge in [-0.05, 0) is 25.0 Å². The predicted molar refractivity (Wildman–Crippen MR) is 79.3 cm³/mol. The highest BCUT2D eigenvalue weighted by Crippen LogP contribution is 2.38. The van der Waals surface area contributed by atoms with Gasteiger partial charge in [-0.25, -0.2) is 13.1 Å². The largest absolute Gasteiger partial charge is 0.396 e. The molecule has 0 unspecified atom stereocenters. The van der Waals surface area contributed by atoms with E-state index in [9.17, 15) is 13.5 Å². The smallest absolute Gasteiger partial charge is 0.242 e. The van der Waals surface area contributed by atoms with E-state index in [1.807, 2.05) is 13.0 Å². The summed E-state index contributed by atoms with van der Waals surface area (Å²) < 4.78 is 27.7. The predicted octanol–water partition coefficient (Wildman–Crippen LogP) is 2.04. The molecule has 1 aromatic carbocycles. The Kier molecular flexibility index (Phi) is 4.59. The number of nitriles is 1. The normalized spacial score (nSPS) is 25.7. The number of hydrogen-bond donors (Lipinski definition) is 2. The zero-order valence-electron chi connectivity index (χ0n) is 11.6. The van der Waals surface area contributed by atoms with Gasteiger partial charge in [-0.3, -0.25) is 0 Å². The van der Waals surface area contributed by atoms with Crippen molar-refractivity contribution in [2.45, 2.75) is 37.1 Å². The van der Waals surface area contributed by atoms with E-state index in [1.165, 1.54) is 18.2 Å². The Bertz CT molecular complexity index is 684. The monoisotopic (exact) mass is 328 g/mol. The van der Waals surface area contributed by atoms with Crippen molar-refractivity contribution in [1.82, 2.24) is 4.72 Å². The minimum absolute atomic E-state index is 0.0598. The molecule has 0 radical (unpaired) electrons. The highest BCUT2D eigenvalue weighted by Gasteiger charge is 2.41. The molecular weight excluding hydrogens is 312 g/mol. The maximum atomic E-state index is 12.5. The topological polar surface area (TPSA) is 90.2 Å². The standard InChI is InChI=1S/C14H17ClN2O3S/c1-14(9-18)7-3-6-13(14)17-21(19,20)12-5-2-4-11(15)10(12)8-16/h2,4-5,13,17-18H,3,6-7,9H2,1H3/t13-,14-/m1/s1. The van der Waals surface area contributed by atoms with Gasteiger partial charge in [0.1, 0.15) is 11.0 Å². The quantitative estimate of drug-likeness (QED) is 0.885. The molecule has 21 heavy (non-hydrogen) atoms. The Hall–Kier alpha value is -1.13. The van der Waals surface area contributed by atoms with Gasteiger partial charge in [0.05, 0.1) is 10.6 Å². The number of sulfonamides is 1. The third-order valence-electron chi connectivity index (χ3n) is 4.12. The van der Waals surface area contributed by atoms with Crippen LogP contribution in [0.25, 0.3) is 0 Å². The second-order valence-corrected chi connectivity index (χ2v) is 7.69. The molecule has 2 N–H and O–H groups in total. The first kappa shape index (κ1) is 16.2. The Morgan fingerprint density at radius 1 is 1.57 bits per heavy atom. The summed E-state index contributed by atoms with van der Waals surface area (Å²) in [7, 11) is -3.86. The van der Waals surface area contributed by atoms with E-state index in [0.29, 0.717) is 6.42 Å². The summed E-state index contributed by atoms with van der Waals surface area (Å²) in [5.74, 6) is 0. The zero-order valence-corrected chi connectivity index (χ0v) is 13.2. The number of aliphatic hydroxyl groups excluding tert-OH is 1.